The third-order valence-electron chi connectivity index (χ3n) is 4.72. The van der Waals surface area contributed by atoms with Gasteiger partial charge in [0.15, 0.2) is 9.84 Å². The minimum absolute atomic E-state index is 0.164. The van der Waals surface area contributed by atoms with E-state index in [1.54, 1.807) is 11.8 Å². The first-order chi connectivity index (χ1) is 14.0. The van der Waals surface area contributed by atoms with Crippen molar-refractivity contribution >= 4 is 27.5 Å². The number of carbonyl (C=O) groups excluding carboxylic acids is 2. The van der Waals surface area contributed by atoms with Crippen LogP contribution in [-0.4, -0.2) is 43.7 Å². The number of hydrogen-bond acceptors (Lipinski definition) is 6. The molecule has 0 aliphatic carbocycles. The average Bonchev–Trinajstić information content (AvgIpc) is 3.14. The molecule has 1 aliphatic rings. The zero-order valence-corrected chi connectivity index (χ0v) is 18.3. The summed E-state index contributed by atoms with van der Waals surface area (Å²) in [5.74, 6) is -1.02. The van der Waals surface area contributed by atoms with Gasteiger partial charge in [-0.05, 0) is 44.9 Å². The summed E-state index contributed by atoms with van der Waals surface area (Å²) in [6, 6.07) is 7.42. The van der Waals surface area contributed by atoms with E-state index in [0.29, 0.717) is 17.7 Å². The predicted octanol–water partition coefficient (Wildman–Crippen LogP) is 1.37. The second-order valence-corrected chi connectivity index (χ2v) is 10.3. The highest BCUT2D eigenvalue weighted by atomic mass is 32.2. The topological polar surface area (TPSA) is 119 Å². The molecule has 9 nitrogen and oxygen atoms in total. The molecule has 1 aromatic heterocycles. The number of benzene rings is 1. The molecule has 2 N–H and O–H groups in total. The van der Waals surface area contributed by atoms with Gasteiger partial charge in [0, 0.05) is 12.1 Å². The molecule has 30 heavy (non-hydrogen) atoms. The fraction of sp³-hybridized carbons (Fsp3) is 0.450. The average molecular weight is 435 g/mol. The van der Waals surface area contributed by atoms with Gasteiger partial charge in [-0.3, -0.25) is 9.59 Å². The van der Waals surface area contributed by atoms with Crippen LogP contribution in [0.15, 0.2) is 24.3 Å². The van der Waals surface area contributed by atoms with Crippen molar-refractivity contribution in [2.24, 2.45) is 0 Å². The van der Waals surface area contributed by atoms with Crippen LogP contribution in [-0.2, 0) is 42.9 Å². The summed E-state index contributed by atoms with van der Waals surface area (Å²) >= 11 is 0. The molecular weight excluding hydrogens is 408 g/mol. The number of ether oxygens (including phenoxy) is 1. The van der Waals surface area contributed by atoms with Crippen molar-refractivity contribution in [3.05, 3.63) is 41.1 Å². The minimum atomic E-state index is -3.29. The second kappa shape index (κ2) is 8.10. The molecule has 2 heterocycles. The van der Waals surface area contributed by atoms with E-state index < -0.39 is 27.2 Å². The fourth-order valence-electron chi connectivity index (χ4n) is 3.21. The van der Waals surface area contributed by atoms with E-state index in [1.807, 2.05) is 45.0 Å². The first kappa shape index (κ1) is 21.8. The van der Waals surface area contributed by atoms with E-state index in [0.717, 1.165) is 11.3 Å². The van der Waals surface area contributed by atoms with Crippen LogP contribution in [0.4, 0.5) is 5.82 Å². The van der Waals surface area contributed by atoms with E-state index in [-0.39, 0.29) is 23.9 Å². The molecule has 0 saturated heterocycles. The third kappa shape index (κ3) is 4.81. The normalized spacial score (nSPS) is 14.8. The molecule has 1 aromatic carbocycles. The first-order valence-corrected chi connectivity index (χ1v) is 11.4. The fourth-order valence-corrected chi connectivity index (χ4v) is 4.71. The lowest BCUT2D eigenvalue weighted by Crippen LogP contribution is -2.38. The molecule has 2 amide bonds. The second-order valence-electron chi connectivity index (χ2n) is 8.20. The van der Waals surface area contributed by atoms with Crippen LogP contribution < -0.4 is 15.4 Å². The van der Waals surface area contributed by atoms with Crippen molar-refractivity contribution in [3.8, 4) is 5.75 Å². The summed E-state index contributed by atoms with van der Waals surface area (Å²) < 4.78 is 30.6. The largest absolute Gasteiger partial charge is 0.497 e. The number of amides is 2. The highest BCUT2D eigenvalue weighted by molar-refractivity contribution is 7.90. The number of anilines is 1. The molecule has 162 valence electrons. The van der Waals surface area contributed by atoms with E-state index >= 15 is 0 Å². The molecule has 0 spiro atoms. The quantitative estimate of drug-likeness (QED) is 0.686. The Morgan fingerprint density at radius 1 is 1.13 bits per heavy atom. The summed E-state index contributed by atoms with van der Waals surface area (Å²) in [7, 11) is -1.70. The van der Waals surface area contributed by atoms with E-state index in [1.165, 1.54) is 0 Å². The van der Waals surface area contributed by atoms with Crippen LogP contribution >= 0.6 is 0 Å². The Kier molecular flexibility index (Phi) is 5.89. The van der Waals surface area contributed by atoms with Gasteiger partial charge in [0.2, 0.25) is 0 Å². The van der Waals surface area contributed by atoms with Gasteiger partial charge < -0.3 is 15.4 Å². The van der Waals surface area contributed by atoms with Crippen molar-refractivity contribution in [1.82, 2.24) is 15.1 Å². The van der Waals surface area contributed by atoms with Gasteiger partial charge >= 0.3 is 11.8 Å². The Bertz CT molecular complexity index is 1070. The van der Waals surface area contributed by atoms with Crippen LogP contribution in [0, 0.1) is 0 Å². The number of carbonyl (C=O) groups is 2. The highest BCUT2D eigenvalue weighted by Gasteiger charge is 2.35. The smallest absolute Gasteiger partial charge is 0.314 e. The number of methoxy groups -OCH3 is 1. The van der Waals surface area contributed by atoms with Crippen molar-refractivity contribution < 1.29 is 22.7 Å². The Morgan fingerprint density at radius 3 is 2.40 bits per heavy atom. The first-order valence-electron chi connectivity index (χ1n) is 9.54. The van der Waals surface area contributed by atoms with Crippen molar-refractivity contribution in [3.63, 3.8) is 0 Å². The molecule has 0 radical (unpaired) electrons. The molecular formula is C20H26N4O5S. The van der Waals surface area contributed by atoms with Crippen molar-refractivity contribution in [2.75, 3.05) is 19.0 Å². The number of sulfone groups is 1. The number of nitrogens with zero attached hydrogens (tertiary/aromatic N) is 2. The van der Waals surface area contributed by atoms with E-state index in [2.05, 4.69) is 15.7 Å². The van der Waals surface area contributed by atoms with E-state index in [9.17, 15) is 18.0 Å². The summed E-state index contributed by atoms with van der Waals surface area (Å²) in [6.07, 6.45) is 0.552. The lowest BCUT2D eigenvalue weighted by atomic mass is 10.1. The molecule has 3 rings (SSSR count). The van der Waals surface area contributed by atoms with Crippen LogP contribution in [0.1, 0.15) is 37.6 Å². The Labute approximate surface area is 175 Å². The van der Waals surface area contributed by atoms with Crippen LogP contribution in [0.2, 0.25) is 0 Å². The minimum Gasteiger partial charge on any atom is -0.497 e. The van der Waals surface area contributed by atoms with Crippen LogP contribution in [0.3, 0.4) is 0 Å². The van der Waals surface area contributed by atoms with Gasteiger partial charge in [0.25, 0.3) is 0 Å². The lowest BCUT2D eigenvalue weighted by Gasteiger charge is -2.23. The summed E-state index contributed by atoms with van der Waals surface area (Å²) in [6.45, 7) is 5.93. The summed E-state index contributed by atoms with van der Waals surface area (Å²) in [5.41, 5.74) is 1.36. The van der Waals surface area contributed by atoms with Crippen molar-refractivity contribution in [1.29, 1.82) is 0 Å². The molecule has 0 atom stereocenters. The molecule has 0 saturated carbocycles. The summed E-state index contributed by atoms with van der Waals surface area (Å²) in [4.78, 5) is 24.7. The maximum atomic E-state index is 12.4. The monoisotopic (exact) mass is 434 g/mol. The molecule has 1 aliphatic heterocycles. The Hall–Kier alpha value is -2.88. The number of hydrogen-bond donors (Lipinski definition) is 2. The third-order valence-corrected chi connectivity index (χ3v) is 6.16. The van der Waals surface area contributed by atoms with Gasteiger partial charge in [0.1, 0.15) is 11.6 Å². The number of aromatic nitrogens is 2. The Morgan fingerprint density at radius 2 is 1.80 bits per heavy atom. The van der Waals surface area contributed by atoms with E-state index in [4.69, 9.17) is 4.74 Å². The maximum Gasteiger partial charge on any atom is 0.314 e. The number of nitrogens with one attached hydrogen (secondary N) is 2. The van der Waals surface area contributed by atoms with Gasteiger partial charge in [-0.1, -0.05) is 12.1 Å². The molecule has 0 fully saturated rings. The molecule has 10 heteroatoms. The maximum absolute atomic E-state index is 12.4. The molecule has 0 bridgehead atoms. The van der Waals surface area contributed by atoms with Crippen LogP contribution in [0.25, 0.3) is 0 Å². The summed E-state index contributed by atoms with van der Waals surface area (Å²) in [5, 5.41) is 9.52. The van der Waals surface area contributed by atoms with Gasteiger partial charge in [-0.15, -0.1) is 0 Å². The van der Waals surface area contributed by atoms with Gasteiger partial charge in [-0.2, -0.15) is 5.10 Å². The van der Waals surface area contributed by atoms with Gasteiger partial charge in [0.05, 0.1) is 29.8 Å². The zero-order valence-electron chi connectivity index (χ0n) is 17.5. The number of fused-ring (bicyclic) bond motifs is 1. The molecule has 0 unspecified atom stereocenters. The lowest BCUT2D eigenvalue weighted by molar-refractivity contribution is -0.136. The molecule has 2 aromatic rings. The van der Waals surface area contributed by atoms with Crippen LogP contribution in [0.5, 0.6) is 5.75 Å². The predicted molar refractivity (Wildman–Crippen MR) is 112 cm³/mol. The number of rotatable bonds is 5. The highest BCUT2D eigenvalue weighted by Crippen LogP contribution is 2.34. The standard InChI is InChI=1S/C20H26N4O5S/c1-20(2,3)24-17(15-11-30(27,28)12-16(15)23-24)22-19(26)18(25)21-10-9-13-5-7-14(29-4)8-6-13/h5-8H,9-12H2,1-4H3,(H,21,25)(H,22,26). The SMILES string of the molecule is COc1ccc(CCNC(=O)C(=O)Nc2c3c(nn2C(C)(C)C)CS(=O)(=O)C3)cc1. The van der Waals surface area contributed by atoms with Gasteiger partial charge in [-0.25, -0.2) is 13.1 Å². The Balaban J connectivity index is 1.66. The zero-order chi connectivity index (χ0) is 22.1. The van der Waals surface area contributed by atoms with Crippen molar-refractivity contribution in [2.45, 2.75) is 44.2 Å².